The Morgan fingerprint density at radius 2 is 0.500 bits per heavy atom. The number of hydrogen-bond acceptors (Lipinski definition) is 0. The zero-order valence-corrected chi connectivity index (χ0v) is 31.5. The van der Waals surface area contributed by atoms with Crippen LogP contribution in [0.25, 0.3) is 0 Å². The van der Waals surface area contributed by atoms with Crippen LogP contribution in [0.3, 0.4) is 0 Å². The van der Waals surface area contributed by atoms with E-state index in [1.807, 2.05) is 0 Å². The summed E-state index contributed by atoms with van der Waals surface area (Å²) >= 11 is 0. The summed E-state index contributed by atoms with van der Waals surface area (Å²) in [6.45, 7) is 4.50. The number of hydrogen-bond donors (Lipinski definition) is 0. The Hall–Kier alpha value is -4.56. The van der Waals surface area contributed by atoms with E-state index in [2.05, 4.69) is 189 Å². The molecule has 0 spiro atoms. The Morgan fingerprint density at radius 1 is 0.327 bits per heavy atom. The maximum atomic E-state index is 12.0. The SMILES string of the molecule is Fc1[c-]c(F)c(F)c(F)c1F.[C-]#[O+].[Ir].c1ccc(P(c2ccccc2)c2ccccc2)cc1.c1ccc(P(c2ccccc2)c2ccccc2)cc1. The minimum Gasteiger partial charge on any atom is -0.0622 e. The molecule has 7 rings (SSSR count). The molecule has 7 aromatic carbocycles. The average Bonchev–Trinajstić information content (AvgIpc) is 3.20. The summed E-state index contributed by atoms with van der Waals surface area (Å²) in [5.41, 5.74) is 0. The Labute approximate surface area is 316 Å². The summed E-state index contributed by atoms with van der Waals surface area (Å²) in [6.07, 6.45) is 0. The molecule has 0 aliphatic carbocycles. The predicted molar refractivity (Wildman–Crippen MR) is 199 cm³/mol. The molecule has 0 fully saturated rings. The fourth-order valence-corrected chi connectivity index (χ4v) is 9.46. The summed E-state index contributed by atoms with van der Waals surface area (Å²) in [4.78, 5) is 0. The monoisotopic (exact) mass is 912 g/mol. The van der Waals surface area contributed by atoms with E-state index in [0.717, 1.165) is 6.07 Å². The zero-order chi connectivity index (χ0) is 36.4. The summed E-state index contributed by atoms with van der Waals surface area (Å²) in [5.74, 6) is -10.0. The van der Waals surface area contributed by atoms with Crippen LogP contribution in [-0.4, -0.2) is 0 Å². The average molecular weight is 912 g/mol. The molecule has 0 aromatic heterocycles. The third-order valence-corrected chi connectivity index (χ3v) is 12.0. The second-order valence-corrected chi connectivity index (χ2v) is 14.8. The van der Waals surface area contributed by atoms with Crippen molar-refractivity contribution >= 4 is 47.7 Å². The van der Waals surface area contributed by atoms with Gasteiger partial charge in [-0.1, -0.05) is 182 Å². The first-order chi connectivity index (χ1) is 24.9. The van der Waals surface area contributed by atoms with E-state index in [1.165, 1.54) is 31.8 Å². The minimum absolute atomic E-state index is 0. The van der Waals surface area contributed by atoms with Crippen molar-refractivity contribution in [2.24, 2.45) is 0 Å². The molecule has 0 N–H and O–H groups in total. The molecule has 1 radical (unpaired) electrons. The third kappa shape index (κ3) is 11.7. The molecule has 1 nitrogen and oxygen atoms in total. The van der Waals surface area contributed by atoms with Gasteiger partial charge in [-0.25, -0.2) is 13.2 Å². The summed E-state index contributed by atoms with van der Waals surface area (Å²) in [7, 11) is -0.892. The van der Waals surface area contributed by atoms with E-state index in [0.29, 0.717) is 0 Å². The zero-order valence-electron chi connectivity index (χ0n) is 27.3. The second kappa shape index (κ2) is 22.4. The van der Waals surface area contributed by atoms with Gasteiger partial charge in [0.2, 0.25) is 0 Å². The molecule has 7 aromatic rings. The van der Waals surface area contributed by atoms with Gasteiger partial charge in [-0.3, -0.25) is 8.78 Å². The third-order valence-electron chi connectivity index (χ3n) is 7.08. The Morgan fingerprint density at radius 3 is 0.673 bits per heavy atom. The fourth-order valence-electron chi connectivity index (χ4n) is 4.85. The van der Waals surface area contributed by atoms with E-state index in [1.54, 1.807) is 0 Å². The molecule has 0 aliphatic rings. The van der Waals surface area contributed by atoms with Crippen LogP contribution < -0.4 is 31.8 Å². The van der Waals surface area contributed by atoms with Crippen molar-refractivity contribution < 1.29 is 46.7 Å². The predicted octanol–water partition coefficient (Wildman–Crippen LogP) is 9.03. The van der Waals surface area contributed by atoms with Gasteiger partial charge in [0, 0.05) is 20.1 Å². The van der Waals surface area contributed by atoms with Gasteiger partial charge in [-0.05, 0) is 47.7 Å². The standard InChI is InChI=1S/2C18H15P.C6F5.CO.Ir/c2*1-4-10-16(11-5-1)19(17-12-6-2-7-13-17)18-14-8-3-9-15-18;7-2-1-3(8)5(10)6(11)4(2)9;1-2;/h2*1-15H;;;/q;;-1;;. The fraction of sp³-hybridized carbons (Fsp3) is 0. The van der Waals surface area contributed by atoms with Crippen molar-refractivity contribution in [1.82, 2.24) is 0 Å². The van der Waals surface area contributed by atoms with E-state index in [9.17, 15) is 22.0 Å². The molecule has 0 atom stereocenters. The quantitative estimate of drug-likeness (QED) is 0.0397. The van der Waals surface area contributed by atoms with Crippen LogP contribution in [0.15, 0.2) is 182 Å². The maximum absolute atomic E-state index is 12.0. The molecule has 263 valence electrons. The molecule has 0 amide bonds. The molecule has 0 bridgehead atoms. The topological polar surface area (TPSA) is 19.9 Å². The van der Waals surface area contributed by atoms with E-state index >= 15 is 0 Å². The molecule has 52 heavy (non-hydrogen) atoms. The van der Waals surface area contributed by atoms with E-state index in [-0.39, 0.29) is 20.1 Å². The van der Waals surface area contributed by atoms with Gasteiger partial charge in [-0.2, -0.15) is 0 Å². The van der Waals surface area contributed by atoms with Gasteiger partial charge < -0.3 is 0 Å². The van der Waals surface area contributed by atoms with Crippen LogP contribution in [-0.2, 0) is 24.8 Å². The summed E-state index contributed by atoms with van der Waals surface area (Å²) < 4.78 is 67.4. The second-order valence-electron chi connectivity index (χ2n) is 10.4. The Bertz CT molecular complexity index is 1730. The van der Waals surface area contributed by atoms with Gasteiger partial charge in [-0.15, -0.1) is 6.07 Å². The van der Waals surface area contributed by atoms with Crippen LogP contribution in [0, 0.1) is 41.8 Å². The molecule has 0 saturated carbocycles. The van der Waals surface area contributed by atoms with Gasteiger partial charge >= 0.3 is 11.3 Å². The van der Waals surface area contributed by atoms with Gasteiger partial charge in [0.05, 0.1) is 29.1 Å². The summed E-state index contributed by atoms with van der Waals surface area (Å²) in [5, 5.41) is 8.39. The minimum atomic E-state index is -2.17. The first-order valence-corrected chi connectivity index (χ1v) is 18.1. The van der Waals surface area contributed by atoms with Crippen LogP contribution in [0.2, 0.25) is 0 Å². The van der Waals surface area contributed by atoms with Crippen molar-refractivity contribution in [1.29, 1.82) is 0 Å². The van der Waals surface area contributed by atoms with E-state index < -0.39 is 44.9 Å². The molecule has 0 saturated heterocycles. The van der Waals surface area contributed by atoms with Gasteiger partial charge in [0.15, 0.2) is 0 Å². The Kier molecular flexibility index (Phi) is 18.0. The number of rotatable bonds is 6. The smallest absolute Gasteiger partial charge is 0 e. The van der Waals surface area contributed by atoms with Crippen LogP contribution in [0.4, 0.5) is 22.0 Å². The van der Waals surface area contributed by atoms with Crippen molar-refractivity contribution in [3.8, 4) is 0 Å². The van der Waals surface area contributed by atoms with Crippen molar-refractivity contribution in [2.45, 2.75) is 0 Å². The van der Waals surface area contributed by atoms with E-state index in [4.69, 9.17) is 4.65 Å². The molecular formula is C43H30F5IrOP2-. The molecule has 0 heterocycles. The van der Waals surface area contributed by atoms with Crippen LogP contribution in [0.5, 0.6) is 0 Å². The largest absolute Gasteiger partial charge is 0.0622 e. The van der Waals surface area contributed by atoms with Crippen molar-refractivity contribution in [3.05, 3.63) is 224 Å². The first-order valence-electron chi connectivity index (χ1n) is 15.5. The number of benzene rings is 7. The number of halogens is 5. The normalized spacial score (nSPS) is 9.94. The first kappa shape index (κ1) is 41.9. The molecule has 0 aliphatic heterocycles. The van der Waals surface area contributed by atoms with Gasteiger partial charge in [0.1, 0.15) is 0 Å². The summed E-state index contributed by atoms with van der Waals surface area (Å²) in [6, 6.07) is 65.7. The van der Waals surface area contributed by atoms with Crippen LogP contribution >= 0.6 is 15.8 Å². The Balaban J connectivity index is 0.000000211. The van der Waals surface area contributed by atoms with Crippen molar-refractivity contribution in [3.63, 3.8) is 0 Å². The molecule has 9 heteroatoms. The van der Waals surface area contributed by atoms with Crippen molar-refractivity contribution in [2.75, 3.05) is 0 Å². The van der Waals surface area contributed by atoms with Gasteiger partial charge in [0.25, 0.3) is 0 Å². The molecule has 0 unspecified atom stereocenters. The van der Waals surface area contributed by atoms with Crippen LogP contribution in [0.1, 0.15) is 0 Å². The maximum Gasteiger partial charge on any atom is 0 e. The molecular weight excluding hydrogens is 882 g/mol.